The minimum absolute atomic E-state index is 0.148. The molecule has 3 aromatic rings. The van der Waals surface area contributed by atoms with Gasteiger partial charge in [-0.1, -0.05) is 22.0 Å². The fraction of sp³-hybridized carbons (Fsp3) is 0.423. The van der Waals surface area contributed by atoms with Crippen LogP contribution < -0.4 is 14.8 Å². The van der Waals surface area contributed by atoms with Crippen molar-refractivity contribution in [3.63, 3.8) is 0 Å². The van der Waals surface area contributed by atoms with E-state index in [-0.39, 0.29) is 5.97 Å². The maximum atomic E-state index is 11.4. The Hall–Kier alpha value is -2.91. The highest BCUT2D eigenvalue weighted by Crippen LogP contribution is 2.35. The number of carbonyl (C=O) groups is 1. The Morgan fingerprint density at radius 3 is 2.71 bits per heavy atom. The topological polar surface area (TPSA) is 85.8 Å². The molecule has 1 saturated heterocycles. The number of aromatic nitrogens is 2. The normalized spacial score (nSPS) is 14.6. The predicted molar refractivity (Wildman–Crippen MR) is 139 cm³/mol. The third-order valence-corrected chi connectivity index (χ3v) is 6.85. The van der Waals surface area contributed by atoms with Gasteiger partial charge >= 0.3 is 5.97 Å². The summed E-state index contributed by atoms with van der Waals surface area (Å²) in [5.41, 5.74) is 1.71. The number of nitrogens with zero attached hydrogens (tertiary/aromatic N) is 3. The molecule has 1 fully saturated rings. The Labute approximate surface area is 214 Å². The first kappa shape index (κ1) is 25.2. The summed E-state index contributed by atoms with van der Waals surface area (Å²) in [7, 11) is 3.08. The van der Waals surface area contributed by atoms with Gasteiger partial charge < -0.3 is 24.4 Å². The second kappa shape index (κ2) is 12.2. The molecule has 8 nitrogen and oxygen atoms in total. The van der Waals surface area contributed by atoms with Crippen LogP contribution in [0.4, 0.5) is 11.5 Å². The number of halogens is 1. The van der Waals surface area contributed by atoms with Gasteiger partial charge in [0.1, 0.15) is 12.1 Å². The lowest BCUT2D eigenvalue weighted by atomic mass is 9.94. The lowest BCUT2D eigenvalue weighted by Crippen LogP contribution is -2.35. The van der Waals surface area contributed by atoms with Crippen LogP contribution in [-0.4, -0.2) is 61.3 Å². The number of piperidine rings is 1. The first-order chi connectivity index (χ1) is 17.1. The lowest BCUT2D eigenvalue weighted by Gasteiger charge is -2.31. The maximum Gasteiger partial charge on any atom is 0.306 e. The van der Waals surface area contributed by atoms with E-state index in [1.165, 1.54) is 7.11 Å². The molecule has 0 saturated carbocycles. The van der Waals surface area contributed by atoms with E-state index in [0.29, 0.717) is 36.3 Å². The molecule has 35 heavy (non-hydrogen) atoms. The Balaban J connectivity index is 1.38. The van der Waals surface area contributed by atoms with Crippen LogP contribution in [0.2, 0.25) is 0 Å². The average Bonchev–Trinajstić information content (AvgIpc) is 2.88. The molecule has 1 aliphatic heterocycles. The molecule has 0 unspecified atom stereocenters. The van der Waals surface area contributed by atoms with E-state index in [0.717, 1.165) is 60.0 Å². The quantitative estimate of drug-likeness (QED) is 0.350. The van der Waals surface area contributed by atoms with E-state index >= 15 is 0 Å². The number of carbonyl (C=O) groups excluding carboxylic acids is 1. The summed E-state index contributed by atoms with van der Waals surface area (Å²) in [6.07, 6.45) is 5.18. The van der Waals surface area contributed by atoms with Crippen molar-refractivity contribution in [3.8, 4) is 11.5 Å². The van der Waals surface area contributed by atoms with Crippen molar-refractivity contribution in [1.82, 2.24) is 14.9 Å². The number of benzene rings is 2. The van der Waals surface area contributed by atoms with Crippen LogP contribution in [0.25, 0.3) is 10.9 Å². The highest BCUT2D eigenvalue weighted by molar-refractivity contribution is 9.10. The molecule has 9 heteroatoms. The minimum Gasteiger partial charge on any atom is -0.493 e. The van der Waals surface area contributed by atoms with Crippen molar-refractivity contribution < 1.29 is 19.0 Å². The molecular weight excluding hydrogens is 512 g/mol. The first-order valence-corrected chi connectivity index (χ1v) is 12.6. The lowest BCUT2D eigenvalue weighted by molar-refractivity contribution is -0.141. The number of fused-ring (bicyclic) bond motifs is 1. The fourth-order valence-electron chi connectivity index (χ4n) is 4.32. The second-order valence-electron chi connectivity index (χ2n) is 8.63. The molecule has 2 aromatic carbocycles. The molecule has 4 rings (SSSR count). The van der Waals surface area contributed by atoms with Gasteiger partial charge in [0, 0.05) is 28.2 Å². The van der Waals surface area contributed by atoms with Crippen LogP contribution in [0, 0.1) is 5.92 Å². The van der Waals surface area contributed by atoms with Gasteiger partial charge in [-0.15, -0.1) is 0 Å². The zero-order valence-corrected chi connectivity index (χ0v) is 21.7. The number of anilines is 2. The Kier molecular flexibility index (Phi) is 8.76. The molecule has 0 atom stereocenters. The summed E-state index contributed by atoms with van der Waals surface area (Å²) in [5.74, 6) is 2.50. The van der Waals surface area contributed by atoms with Crippen LogP contribution in [0.1, 0.15) is 25.7 Å². The molecule has 1 aromatic heterocycles. The Bertz CT molecular complexity index is 1150. The summed E-state index contributed by atoms with van der Waals surface area (Å²) in [4.78, 5) is 22.6. The van der Waals surface area contributed by atoms with Crippen LogP contribution in [-0.2, 0) is 9.53 Å². The number of hydrogen-bond donors (Lipinski definition) is 1. The zero-order chi connectivity index (χ0) is 24.6. The highest BCUT2D eigenvalue weighted by Gasteiger charge is 2.20. The molecule has 1 aliphatic rings. The highest BCUT2D eigenvalue weighted by atomic mass is 79.9. The van der Waals surface area contributed by atoms with Crippen molar-refractivity contribution in [2.45, 2.75) is 25.7 Å². The number of esters is 1. The van der Waals surface area contributed by atoms with Gasteiger partial charge in [-0.05, 0) is 62.5 Å². The predicted octanol–water partition coefficient (Wildman–Crippen LogP) is 5.19. The second-order valence-corrected chi connectivity index (χ2v) is 9.54. The van der Waals surface area contributed by atoms with E-state index in [4.69, 9.17) is 14.2 Å². The number of rotatable bonds is 10. The third kappa shape index (κ3) is 6.82. The molecule has 0 amide bonds. The first-order valence-electron chi connectivity index (χ1n) is 11.8. The smallest absolute Gasteiger partial charge is 0.306 e. The summed E-state index contributed by atoms with van der Waals surface area (Å²) in [5, 5.41) is 4.24. The number of nitrogens with one attached hydrogen (secondary N) is 1. The molecule has 1 N–H and O–H groups in total. The van der Waals surface area contributed by atoms with Gasteiger partial charge in [0.05, 0.1) is 32.8 Å². The SMILES string of the molecule is COC(=O)CCN1CCC(CCOc2cc3c(Nc4cccc(Br)c4)ncnc3cc2OC)CC1. The molecule has 0 radical (unpaired) electrons. The standard InChI is InChI=1S/C26H31BrN4O4/c1-33-23-16-22-21(26(29-17-28-22)30-20-5-3-4-19(27)14-20)15-24(23)35-13-9-18-6-10-31(11-7-18)12-8-25(32)34-2/h3-5,14-18H,6-13H2,1-2H3,(H,28,29,30). The van der Waals surface area contributed by atoms with E-state index < -0.39 is 0 Å². The van der Waals surface area contributed by atoms with Gasteiger partial charge in [-0.25, -0.2) is 9.97 Å². The van der Waals surface area contributed by atoms with Crippen LogP contribution in [0.5, 0.6) is 11.5 Å². The number of ether oxygens (including phenoxy) is 3. The van der Waals surface area contributed by atoms with Crippen molar-refractivity contribution in [3.05, 3.63) is 47.2 Å². The van der Waals surface area contributed by atoms with Crippen molar-refractivity contribution in [2.24, 2.45) is 5.92 Å². The van der Waals surface area contributed by atoms with E-state index in [9.17, 15) is 4.79 Å². The van der Waals surface area contributed by atoms with Gasteiger partial charge in [0.15, 0.2) is 11.5 Å². The summed E-state index contributed by atoms with van der Waals surface area (Å²) in [6, 6.07) is 11.8. The van der Waals surface area contributed by atoms with E-state index in [1.807, 2.05) is 36.4 Å². The molecule has 0 spiro atoms. The fourth-order valence-corrected chi connectivity index (χ4v) is 4.72. The average molecular weight is 543 g/mol. The van der Waals surface area contributed by atoms with Gasteiger partial charge in [0.25, 0.3) is 0 Å². The van der Waals surface area contributed by atoms with Gasteiger partial charge in [0.2, 0.25) is 0 Å². The monoisotopic (exact) mass is 542 g/mol. The third-order valence-electron chi connectivity index (χ3n) is 6.36. The Morgan fingerprint density at radius 1 is 1.14 bits per heavy atom. The van der Waals surface area contributed by atoms with Crippen LogP contribution in [0.15, 0.2) is 47.2 Å². The van der Waals surface area contributed by atoms with Crippen molar-refractivity contribution in [1.29, 1.82) is 0 Å². The number of hydrogen-bond acceptors (Lipinski definition) is 8. The molecule has 2 heterocycles. The van der Waals surface area contributed by atoms with E-state index in [2.05, 4.69) is 36.1 Å². The molecule has 0 bridgehead atoms. The largest absolute Gasteiger partial charge is 0.493 e. The van der Waals surface area contributed by atoms with Gasteiger partial charge in [-0.3, -0.25) is 4.79 Å². The van der Waals surface area contributed by atoms with E-state index in [1.54, 1.807) is 13.4 Å². The number of likely N-dealkylation sites (tertiary alicyclic amines) is 1. The minimum atomic E-state index is -0.148. The summed E-state index contributed by atoms with van der Waals surface area (Å²) in [6.45, 7) is 3.38. The molecule has 186 valence electrons. The van der Waals surface area contributed by atoms with Crippen molar-refractivity contribution in [2.75, 3.05) is 45.8 Å². The van der Waals surface area contributed by atoms with Gasteiger partial charge in [-0.2, -0.15) is 0 Å². The van der Waals surface area contributed by atoms with Crippen molar-refractivity contribution >= 4 is 44.3 Å². The molecular formula is C26H31BrN4O4. The number of methoxy groups -OCH3 is 2. The summed E-state index contributed by atoms with van der Waals surface area (Å²) < 4.78 is 17.5. The van der Waals surface area contributed by atoms with Crippen LogP contribution >= 0.6 is 15.9 Å². The maximum absolute atomic E-state index is 11.4. The summed E-state index contributed by atoms with van der Waals surface area (Å²) >= 11 is 3.51. The molecule has 0 aliphatic carbocycles. The zero-order valence-electron chi connectivity index (χ0n) is 20.1. The van der Waals surface area contributed by atoms with Crippen LogP contribution in [0.3, 0.4) is 0 Å². The Morgan fingerprint density at radius 2 is 1.97 bits per heavy atom.